The van der Waals surface area contributed by atoms with Crippen LogP contribution in [-0.2, 0) is 9.47 Å². The van der Waals surface area contributed by atoms with E-state index < -0.39 is 0 Å². The molecule has 2 aliphatic heterocycles. The lowest BCUT2D eigenvalue weighted by molar-refractivity contribution is -0.00916. The molecule has 2 rings (SSSR count). The van der Waals surface area contributed by atoms with Crippen molar-refractivity contribution in [1.29, 1.82) is 0 Å². The zero-order valence-corrected chi connectivity index (χ0v) is 7.37. The van der Waals surface area contributed by atoms with Gasteiger partial charge in [-0.05, 0) is 25.7 Å². The van der Waals surface area contributed by atoms with Crippen LogP contribution in [0.1, 0.15) is 25.7 Å². The smallest absolute Gasteiger partial charge is 0.0858 e. The largest absolute Gasteiger partial charge is 0.375 e. The fourth-order valence-corrected chi connectivity index (χ4v) is 1.87. The average molecular weight is 168 g/mol. The highest BCUT2D eigenvalue weighted by atomic mass is 16.6. The molecule has 0 spiro atoms. The molecule has 2 heterocycles. The lowest BCUT2D eigenvalue weighted by Crippen LogP contribution is -2.24. The molecule has 0 radical (unpaired) electrons. The number of fused-ring (bicyclic) bond motifs is 1. The van der Waals surface area contributed by atoms with Crippen LogP contribution in [-0.4, -0.2) is 25.4 Å². The minimum absolute atomic E-state index is 0.368. The van der Waals surface area contributed by atoms with Gasteiger partial charge in [0.1, 0.15) is 0 Å². The highest BCUT2D eigenvalue weighted by Gasteiger charge is 2.28. The van der Waals surface area contributed by atoms with Crippen molar-refractivity contribution in [3.8, 4) is 0 Å². The van der Waals surface area contributed by atoms with Gasteiger partial charge in [-0.15, -0.1) is 0 Å². The van der Waals surface area contributed by atoms with E-state index in [0.717, 1.165) is 38.9 Å². The normalized spacial score (nSPS) is 39.3. The Labute approximate surface area is 73.5 Å². The van der Waals surface area contributed by atoms with E-state index in [9.17, 15) is 0 Å². The van der Waals surface area contributed by atoms with Crippen molar-refractivity contribution in [2.75, 3.05) is 13.2 Å². The second kappa shape index (κ2) is 4.06. The molecule has 0 aromatic heterocycles. The maximum atomic E-state index is 5.71. The first-order valence-corrected chi connectivity index (χ1v) is 4.85. The van der Waals surface area contributed by atoms with Gasteiger partial charge in [0.25, 0.3) is 0 Å². The van der Waals surface area contributed by atoms with Gasteiger partial charge < -0.3 is 9.47 Å². The molecule has 0 aromatic rings. The Kier molecular flexibility index (Phi) is 2.79. The molecule has 2 atom stereocenters. The van der Waals surface area contributed by atoms with E-state index in [1.807, 2.05) is 0 Å². The van der Waals surface area contributed by atoms with Crippen LogP contribution < -0.4 is 0 Å². The van der Waals surface area contributed by atoms with Gasteiger partial charge in [-0.3, -0.25) is 0 Å². The van der Waals surface area contributed by atoms with Crippen LogP contribution in [0.4, 0.5) is 0 Å². The summed E-state index contributed by atoms with van der Waals surface area (Å²) in [7, 11) is 0. The summed E-state index contributed by atoms with van der Waals surface area (Å²) in [4.78, 5) is 0. The standard InChI is InChI=1S/C10H16O2/c1-2-4-7-11-10-6-8-12-9(10)5-3-1/h1-2,9-10H,3-8H2/b2-1-. The van der Waals surface area contributed by atoms with Gasteiger partial charge in [0.05, 0.1) is 18.8 Å². The van der Waals surface area contributed by atoms with Gasteiger partial charge >= 0.3 is 0 Å². The molecular formula is C10H16O2. The summed E-state index contributed by atoms with van der Waals surface area (Å²) in [6.07, 6.45) is 9.62. The summed E-state index contributed by atoms with van der Waals surface area (Å²) in [5.74, 6) is 0. The summed E-state index contributed by atoms with van der Waals surface area (Å²) in [6, 6.07) is 0. The highest BCUT2D eigenvalue weighted by Crippen LogP contribution is 2.22. The quantitative estimate of drug-likeness (QED) is 0.514. The Morgan fingerprint density at radius 2 is 1.58 bits per heavy atom. The van der Waals surface area contributed by atoms with Crippen LogP contribution in [0.15, 0.2) is 12.2 Å². The minimum Gasteiger partial charge on any atom is -0.375 e. The molecule has 2 unspecified atom stereocenters. The third-order valence-corrected chi connectivity index (χ3v) is 2.55. The molecule has 0 saturated carbocycles. The molecule has 1 saturated heterocycles. The van der Waals surface area contributed by atoms with Crippen molar-refractivity contribution in [2.45, 2.75) is 37.9 Å². The maximum Gasteiger partial charge on any atom is 0.0858 e. The SMILES string of the molecule is C1=C\CCC2OCCC2OCC/1. The Morgan fingerprint density at radius 3 is 2.58 bits per heavy atom. The number of hydrogen-bond donors (Lipinski definition) is 0. The van der Waals surface area contributed by atoms with Crippen LogP contribution in [0.5, 0.6) is 0 Å². The van der Waals surface area contributed by atoms with Gasteiger partial charge in [-0.1, -0.05) is 12.2 Å². The highest BCUT2D eigenvalue weighted by molar-refractivity contribution is 4.87. The molecule has 2 nitrogen and oxygen atoms in total. The maximum absolute atomic E-state index is 5.71. The minimum atomic E-state index is 0.368. The Balaban J connectivity index is 1.93. The van der Waals surface area contributed by atoms with Crippen LogP contribution >= 0.6 is 0 Å². The molecule has 0 N–H and O–H groups in total. The molecule has 1 fully saturated rings. The van der Waals surface area contributed by atoms with Crippen LogP contribution in [0.3, 0.4) is 0 Å². The van der Waals surface area contributed by atoms with Crippen molar-refractivity contribution in [2.24, 2.45) is 0 Å². The first kappa shape index (κ1) is 8.27. The van der Waals surface area contributed by atoms with Crippen LogP contribution in [0, 0.1) is 0 Å². The molecule has 0 amide bonds. The molecule has 0 aromatic carbocycles. The van der Waals surface area contributed by atoms with Crippen molar-refractivity contribution in [1.82, 2.24) is 0 Å². The molecular weight excluding hydrogens is 152 g/mol. The molecule has 12 heavy (non-hydrogen) atoms. The summed E-state index contributed by atoms with van der Waals surface area (Å²) in [5.41, 5.74) is 0. The van der Waals surface area contributed by atoms with Crippen molar-refractivity contribution in [3.05, 3.63) is 12.2 Å². The summed E-state index contributed by atoms with van der Waals surface area (Å²) < 4.78 is 11.3. The number of allylic oxidation sites excluding steroid dienone is 1. The van der Waals surface area contributed by atoms with Gasteiger partial charge in [0.15, 0.2) is 0 Å². The molecule has 0 aliphatic carbocycles. The Morgan fingerprint density at radius 1 is 0.833 bits per heavy atom. The lowest BCUT2D eigenvalue weighted by Gasteiger charge is -2.17. The number of ether oxygens (including phenoxy) is 2. The Hall–Kier alpha value is -0.340. The fourth-order valence-electron chi connectivity index (χ4n) is 1.87. The van der Waals surface area contributed by atoms with Crippen molar-refractivity contribution >= 4 is 0 Å². The summed E-state index contributed by atoms with van der Waals surface area (Å²) in [6.45, 7) is 1.75. The van der Waals surface area contributed by atoms with E-state index in [1.165, 1.54) is 0 Å². The topological polar surface area (TPSA) is 18.5 Å². The van der Waals surface area contributed by atoms with Gasteiger partial charge in [0.2, 0.25) is 0 Å². The lowest BCUT2D eigenvalue weighted by atomic mass is 10.1. The second-order valence-electron chi connectivity index (χ2n) is 3.44. The van der Waals surface area contributed by atoms with Crippen molar-refractivity contribution in [3.63, 3.8) is 0 Å². The summed E-state index contributed by atoms with van der Waals surface area (Å²) in [5, 5.41) is 0. The molecule has 0 bridgehead atoms. The van der Waals surface area contributed by atoms with E-state index in [1.54, 1.807) is 0 Å². The molecule has 68 valence electrons. The van der Waals surface area contributed by atoms with Gasteiger partial charge in [-0.2, -0.15) is 0 Å². The zero-order valence-electron chi connectivity index (χ0n) is 7.37. The third kappa shape index (κ3) is 1.87. The third-order valence-electron chi connectivity index (χ3n) is 2.55. The fraction of sp³-hybridized carbons (Fsp3) is 0.800. The monoisotopic (exact) mass is 168 g/mol. The van der Waals surface area contributed by atoms with Crippen molar-refractivity contribution < 1.29 is 9.47 Å². The van der Waals surface area contributed by atoms with Gasteiger partial charge in [0, 0.05) is 6.61 Å². The van der Waals surface area contributed by atoms with E-state index in [4.69, 9.17) is 9.47 Å². The van der Waals surface area contributed by atoms with E-state index >= 15 is 0 Å². The first-order valence-electron chi connectivity index (χ1n) is 4.85. The number of rotatable bonds is 0. The Bertz CT molecular complexity index is 165. The molecule has 2 aliphatic rings. The second-order valence-corrected chi connectivity index (χ2v) is 3.44. The average Bonchev–Trinajstić information content (AvgIpc) is 2.50. The van der Waals surface area contributed by atoms with E-state index in [0.29, 0.717) is 12.2 Å². The molecule has 2 heteroatoms. The van der Waals surface area contributed by atoms with E-state index in [-0.39, 0.29) is 0 Å². The number of hydrogen-bond acceptors (Lipinski definition) is 2. The zero-order chi connectivity index (χ0) is 8.23. The predicted octanol–water partition coefficient (Wildman–Crippen LogP) is 1.90. The predicted molar refractivity (Wildman–Crippen MR) is 47.1 cm³/mol. The van der Waals surface area contributed by atoms with Crippen LogP contribution in [0.25, 0.3) is 0 Å². The first-order chi connectivity index (χ1) is 5.97. The van der Waals surface area contributed by atoms with Gasteiger partial charge in [-0.25, -0.2) is 0 Å². The van der Waals surface area contributed by atoms with Crippen LogP contribution in [0.2, 0.25) is 0 Å². The summed E-state index contributed by atoms with van der Waals surface area (Å²) >= 11 is 0. The van der Waals surface area contributed by atoms with E-state index in [2.05, 4.69) is 12.2 Å².